The van der Waals surface area contributed by atoms with Crippen LogP contribution < -0.4 is 4.74 Å². The Hall–Kier alpha value is -2.75. The topological polar surface area (TPSA) is 59.7 Å². The molecule has 0 atom stereocenters. The highest BCUT2D eigenvalue weighted by Gasteiger charge is 2.14. The van der Waals surface area contributed by atoms with Gasteiger partial charge in [0.15, 0.2) is 5.76 Å². The molecule has 1 aromatic heterocycles. The largest absolute Gasteiger partial charge is 0.485 e. The van der Waals surface area contributed by atoms with Crippen molar-refractivity contribution in [1.82, 2.24) is 0 Å². The molecule has 100 valence electrons. The summed E-state index contributed by atoms with van der Waals surface area (Å²) in [6.07, 6.45) is 1.35. The molecule has 4 nitrogen and oxygen atoms in total. The van der Waals surface area contributed by atoms with Gasteiger partial charge in [-0.05, 0) is 17.5 Å². The number of furan rings is 1. The first kappa shape index (κ1) is 12.3. The summed E-state index contributed by atoms with van der Waals surface area (Å²) < 4.78 is 10.9. The minimum absolute atomic E-state index is 0.0860. The summed E-state index contributed by atoms with van der Waals surface area (Å²) in [5, 5.41) is 11.1. The fourth-order valence-electron chi connectivity index (χ4n) is 2.11. The van der Waals surface area contributed by atoms with Crippen LogP contribution in [0.4, 0.5) is 0 Å². The summed E-state index contributed by atoms with van der Waals surface area (Å²) >= 11 is 0. The van der Waals surface area contributed by atoms with Crippen LogP contribution in [0.25, 0.3) is 10.8 Å². The van der Waals surface area contributed by atoms with E-state index in [2.05, 4.69) is 0 Å². The Morgan fingerprint density at radius 2 is 1.90 bits per heavy atom. The van der Waals surface area contributed by atoms with E-state index in [-0.39, 0.29) is 12.2 Å². The van der Waals surface area contributed by atoms with Gasteiger partial charge in [0.2, 0.25) is 0 Å². The maximum Gasteiger partial charge on any atom is 0.339 e. The van der Waals surface area contributed by atoms with Crippen molar-refractivity contribution in [3.63, 3.8) is 0 Å². The molecule has 0 fully saturated rings. The molecule has 0 radical (unpaired) electrons. The molecular formula is C16H12O4. The highest BCUT2D eigenvalue weighted by atomic mass is 16.5. The van der Waals surface area contributed by atoms with E-state index in [1.807, 2.05) is 42.5 Å². The van der Waals surface area contributed by atoms with Gasteiger partial charge in [0.05, 0.1) is 6.26 Å². The first-order chi connectivity index (χ1) is 9.75. The Morgan fingerprint density at radius 3 is 2.75 bits per heavy atom. The van der Waals surface area contributed by atoms with Gasteiger partial charge < -0.3 is 14.3 Å². The third-order valence-electron chi connectivity index (χ3n) is 3.08. The molecule has 3 aromatic rings. The van der Waals surface area contributed by atoms with E-state index in [1.165, 1.54) is 12.3 Å². The number of ether oxygens (including phenoxy) is 1. The van der Waals surface area contributed by atoms with Gasteiger partial charge in [0.1, 0.15) is 17.9 Å². The van der Waals surface area contributed by atoms with Crippen LogP contribution in [0.1, 0.15) is 16.1 Å². The van der Waals surface area contributed by atoms with Gasteiger partial charge in [0, 0.05) is 5.39 Å². The van der Waals surface area contributed by atoms with E-state index in [9.17, 15) is 4.79 Å². The average Bonchev–Trinajstić information content (AvgIpc) is 2.93. The van der Waals surface area contributed by atoms with Crippen LogP contribution in [0.3, 0.4) is 0 Å². The van der Waals surface area contributed by atoms with E-state index < -0.39 is 5.97 Å². The summed E-state index contributed by atoms with van der Waals surface area (Å²) in [4.78, 5) is 11.0. The minimum Gasteiger partial charge on any atom is -0.485 e. The van der Waals surface area contributed by atoms with Gasteiger partial charge >= 0.3 is 5.97 Å². The molecule has 0 aliphatic heterocycles. The van der Waals surface area contributed by atoms with Crippen molar-refractivity contribution < 1.29 is 19.1 Å². The van der Waals surface area contributed by atoms with Crippen LogP contribution in [0.2, 0.25) is 0 Å². The fraction of sp³-hybridized carbons (Fsp3) is 0.0625. The van der Waals surface area contributed by atoms with Gasteiger partial charge in [-0.2, -0.15) is 0 Å². The molecule has 1 heterocycles. The molecule has 0 amide bonds. The maximum atomic E-state index is 11.0. The predicted octanol–water partition coefficient (Wildman–Crippen LogP) is 3.71. The van der Waals surface area contributed by atoms with Crippen molar-refractivity contribution in [3.8, 4) is 5.75 Å². The van der Waals surface area contributed by atoms with Crippen LogP contribution in [0.15, 0.2) is 59.2 Å². The molecular weight excluding hydrogens is 256 g/mol. The van der Waals surface area contributed by atoms with Crippen molar-refractivity contribution in [2.24, 2.45) is 0 Å². The third-order valence-corrected chi connectivity index (χ3v) is 3.08. The number of hydrogen-bond acceptors (Lipinski definition) is 3. The van der Waals surface area contributed by atoms with E-state index >= 15 is 0 Å². The molecule has 0 spiro atoms. The van der Waals surface area contributed by atoms with Crippen LogP contribution >= 0.6 is 0 Å². The van der Waals surface area contributed by atoms with Gasteiger partial charge in [-0.15, -0.1) is 0 Å². The summed E-state index contributed by atoms with van der Waals surface area (Å²) in [7, 11) is 0. The molecule has 0 bridgehead atoms. The van der Waals surface area contributed by atoms with Gasteiger partial charge in [-0.1, -0.05) is 36.4 Å². The second-order valence-electron chi connectivity index (χ2n) is 4.33. The van der Waals surface area contributed by atoms with Crippen LogP contribution in [-0.4, -0.2) is 11.1 Å². The normalized spacial score (nSPS) is 10.6. The SMILES string of the molecule is O=C(O)c1ccoc1COc1cccc2ccccc12. The third kappa shape index (κ3) is 2.23. The Morgan fingerprint density at radius 1 is 1.10 bits per heavy atom. The first-order valence-corrected chi connectivity index (χ1v) is 6.16. The molecule has 0 saturated carbocycles. The van der Waals surface area contributed by atoms with E-state index in [0.29, 0.717) is 11.5 Å². The zero-order valence-electron chi connectivity index (χ0n) is 10.6. The summed E-state index contributed by atoms with van der Waals surface area (Å²) in [5.74, 6) is -0.00320. The standard InChI is InChI=1S/C16H12O4/c17-16(18)13-8-9-19-15(13)10-20-14-7-3-5-11-4-1-2-6-12(11)14/h1-9H,10H2,(H,17,18). The van der Waals surface area contributed by atoms with E-state index in [4.69, 9.17) is 14.3 Å². The monoisotopic (exact) mass is 268 g/mol. The summed E-state index contributed by atoms with van der Waals surface area (Å²) in [6, 6.07) is 15.0. The molecule has 0 aliphatic carbocycles. The molecule has 0 aliphatic rings. The molecule has 3 rings (SSSR count). The number of fused-ring (bicyclic) bond motifs is 1. The van der Waals surface area contributed by atoms with Crippen molar-refractivity contribution in [2.45, 2.75) is 6.61 Å². The number of carboxylic acid groups (broad SMARTS) is 1. The van der Waals surface area contributed by atoms with Crippen LogP contribution in [0.5, 0.6) is 5.75 Å². The quantitative estimate of drug-likeness (QED) is 0.783. The second-order valence-corrected chi connectivity index (χ2v) is 4.33. The molecule has 0 unspecified atom stereocenters. The maximum absolute atomic E-state index is 11.0. The number of aromatic carboxylic acids is 1. The highest BCUT2D eigenvalue weighted by Crippen LogP contribution is 2.26. The fourth-order valence-corrected chi connectivity index (χ4v) is 2.11. The molecule has 1 N–H and O–H groups in total. The highest BCUT2D eigenvalue weighted by molar-refractivity contribution is 5.89. The summed E-state index contributed by atoms with van der Waals surface area (Å²) in [6.45, 7) is 0.0860. The van der Waals surface area contributed by atoms with Crippen molar-refractivity contribution in [2.75, 3.05) is 0 Å². The summed E-state index contributed by atoms with van der Waals surface area (Å²) in [5.41, 5.74) is 0.130. The molecule has 20 heavy (non-hydrogen) atoms. The van der Waals surface area contributed by atoms with Gasteiger partial charge in [-0.25, -0.2) is 4.79 Å². The smallest absolute Gasteiger partial charge is 0.339 e. The van der Waals surface area contributed by atoms with Gasteiger partial charge in [-0.3, -0.25) is 0 Å². The van der Waals surface area contributed by atoms with E-state index in [1.54, 1.807) is 0 Å². The number of carboxylic acids is 1. The number of rotatable bonds is 4. The first-order valence-electron chi connectivity index (χ1n) is 6.16. The molecule has 4 heteroatoms. The Balaban J connectivity index is 1.87. The minimum atomic E-state index is -1.02. The lowest BCUT2D eigenvalue weighted by atomic mass is 10.1. The van der Waals surface area contributed by atoms with Crippen LogP contribution in [-0.2, 0) is 6.61 Å². The predicted molar refractivity (Wildman–Crippen MR) is 73.9 cm³/mol. The zero-order valence-corrected chi connectivity index (χ0v) is 10.6. The molecule has 2 aromatic carbocycles. The zero-order chi connectivity index (χ0) is 13.9. The number of benzene rings is 2. The Bertz CT molecular complexity index is 753. The van der Waals surface area contributed by atoms with Crippen molar-refractivity contribution in [1.29, 1.82) is 0 Å². The number of hydrogen-bond donors (Lipinski definition) is 1. The Kier molecular flexibility index (Phi) is 3.13. The average molecular weight is 268 g/mol. The lowest BCUT2D eigenvalue weighted by molar-refractivity contribution is 0.0692. The van der Waals surface area contributed by atoms with Crippen molar-refractivity contribution >= 4 is 16.7 Å². The van der Waals surface area contributed by atoms with Crippen LogP contribution in [0, 0.1) is 0 Å². The second kappa shape index (κ2) is 5.09. The lowest BCUT2D eigenvalue weighted by Crippen LogP contribution is -2.02. The molecule has 0 saturated heterocycles. The number of carbonyl (C=O) groups is 1. The Labute approximate surface area is 115 Å². The van der Waals surface area contributed by atoms with Crippen molar-refractivity contribution in [3.05, 3.63) is 66.1 Å². The lowest BCUT2D eigenvalue weighted by Gasteiger charge is -2.08. The van der Waals surface area contributed by atoms with E-state index in [0.717, 1.165) is 10.8 Å². The van der Waals surface area contributed by atoms with Gasteiger partial charge in [0.25, 0.3) is 0 Å².